The molecule has 0 aliphatic rings. The van der Waals surface area contributed by atoms with Crippen LogP contribution in [-0.2, 0) is 9.53 Å². The lowest BCUT2D eigenvalue weighted by molar-refractivity contribution is -0.144. The first-order valence-electron chi connectivity index (χ1n) is 5.37. The van der Waals surface area contributed by atoms with Crippen molar-refractivity contribution in [1.29, 1.82) is 0 Å². The molecule has 0 fully saturated rings. The van der Waals surface area contributed by atoms with Gasteiger partial charge in [0.05, 0.1) is 6.10 Å². The van der Waals surface area contributed by atoms with E-state index in [4.69, 9.17) is 9.84 Å². The zero-order chi connectivity index (χ0) is 11.9. The van der Waals surface area contributed by atoms with Crippen LogP contribution in [0, 0.1) is 0 Å². The summed E-state index contributed by atoms with van der Waals surface area (Å²) in [4.78, 5) is 10.3. The van der Waals surface area contributed by atoms with Crippen LogP contribution in [0.25, 0.3) is 0 Å². The smallest absolute Gasteiger partial charge is 0.329 e. The highest BCUT2D eigenvalue weighted by atomic mass is 19.1. The van der Waals surface area contributed by atoms with Crippen molar-refractivity contribution in [2.75, 3.05) is 6.61 Å². The van der Waals surface area contributed by atoms with Gasteiger partial charge in [-0.15, -0.1) is 0 Å². The molecule has 90 valence electrons. The van der Waals surface area contributed by atoms with Gasteiger partial charge in [-0.1, -0.05) is 13.3 Å². The molecule has 0 aliphatic heterocycles. The molecule has 0 saturated carbocycles. The van der Waals surface area contributed by atoms with Gasteiger partial charge in [-0.3, -0.25) is 0 Å². The molecule has 0 rings (SSSR count). The van der Waals surface area contributed by atoms with Gasteiger partial charge in [0, 0.05) is 0 Å². The summed E-state index contributed by atoms with van der Waals surface area (Å²) in [5, 5.41) is 8.46. The maximum atomic E-state index is 13.2. The average molecular weight is 220 g/mol. The van der Waals surface area contributed by atoms with Crippen LogP contribution in [0.1, 0.15) is 46.5 Å². The molecule has 0 saturated heterocycles. The summed E-state index contributed by atoms with van der Waals surface area (Å²) in [6.07, 6.45) is 2.53. The lowest BCUT2D eigenvalue weighted by Crippen LogP contribution is -2.22. The van der Waals surface area contributed by atoms with E-state index >= 15 is 0 Å². The molecule has 0 heterocycles. The van der Waals surface area contributed by atoms with Crippen molar-refractivity contribution < 1.29 is 19.0 Å². The molecule has 3 nitrogen and oxygen atoms in total. The van der Waals surface area contributed by atoms with Gasteiger partial charge < -0.3 is 9.84 Å². The minimum absolute atomic E-state index is 0.138. The van der Waals surface area contributed by atoms with Gasteiger partial charge in [0.25, 0.3) is 0 Å². The largest absolute Gasteiger partial charge is 0.480 e. The summed E-state index contributed by atoms with van der Waals surface area (Å²) in [5.41, 5.74) is -1.21. The molecule has 1 N–H and O–H groups in total. The third-order valence-corrected chi connectivity index (χ3v) is 2.11. The number of ether oxygens (including phenoxy) is 1. The van der Waals surface area contributed by atoms with Gasteiger partial charge >= 0.3 is 5.97 Å². The first-order chi connectivity index (χ1) is 6.85. The highest BCUT2D eigenvalue weighted by Gasteiger charge is 2.19. The quantitative estimate of drug-likeness (QED) is 0.684. The Morgan fingerprint density at radius 2 is 2.07 bits per heavy atom. The molecule has 4 heteroatoms. The second-order valence-electron chi connectivity index (χ2n) is 4.37. The number of hydrogen-bond acceptors (Lipinski definition) is 2. The first-order valence-corrected chi connectivity index (χ1v) is 5.37. The van der Waals surface area contributed by atoms with E-state index in [1.54, 1.807) is 0 Å². The highest BCUT2D eigenvalue weighted by molar-refractivity contribution is 5.68. The third kappa shape index (κ3) is 9.66. The SMILES string of the molecule is CCCC(CCC(C)(C)F)OCC(=O)O. The van der Waals surface area contributed by atoms with E-state index in [2.05, 4.69) is 0 Å². The molecule has 0 aromatic rings. The van der Waals surface area contributed by atoms with Crippen molar-refractivity contribution in [1.82, 2.24) is 0 Å². The molecule has 15 heavy (non-hydrogen) atoms. The summed E-state index contributed by atoms with van der Waals surface area (Å²) in [6.45, 7) is 4.75. The number of carbonyl (C=O) groups is 1. The van der Waals surface area contributed by atoms with Crippen molar-refractivity contribution in [3.05, 3.63) is 0 Å². The van der Waals surface area contributed by atoms with Gasteiger partial charge in [-0.2, -0.15) is 0 Å². The van der Waals surface area contributed by atoms with Crippen LogP contribution < -0.4 is 0 Å². The molecule has 1 atom stereocenters. The van der Waals surface area contributed by atoms with Gasteiger partial charge in [0.1, 0.15) is 12.3 Å². The number of halogens is 1. The molecule has 0 aliphatic carbocycles. The summed E-state index contributed by atoms with van der Waals surface area (Å²) in [5.74, 6) is -0.976. The topological polar surface area (TPSA) is 46.5 Å². The fourth-order valence-corrected chi connectivity index (χ4v) is 1.33. The van der Waals surface area contributed by atoms with Crippen LogP contribution in [0.2, 0.25) is 0 Å². The van der Waals surface area contributed by atoms with Crippen molar-refractivity contribution in [2.45, 2.75) is 58.2 Å². The highest BCUT2D eigenvalue weighted by Crippen LogP contribution is 2.20. The van der Waals surface area contributed by atoms with E-state index < -0.39 is 11.6 Å². The zero-order valence-electron chi connectivity index (χ0n) is 9.75. The Labute approximate surface area is 90.6 Å². The lowest BCUT2D eigenvalue weighted by atomic mass is 10.00. The zero-order valence-corrected chi connectivity index (χ0v) is 9.75. The molecule has 0 spiro atoms. The first kappa shape index (κ1) is 14.4. The van der Waals surface area contributed by atoms with Gasteiger partial charge in [0.2, 0.25) is 0 Å². The summed E-state index contributed by atoms with van der Waals surface area (Å²) in [6, 6.07) is 0. The Bertz CT molecular complexity index is 187. The fourth-order valence-electron chi connectivity index (χ4n) is 1.33. The lowest BCUT2D eigenvalue weighted by Gasteiger charge is -2.20. The Hall–Kier alpha value is -0.640. The summed E-state index contributed by atoms with van der Waals surface area (Å²) in [7, 11) is 0. The Balaban J connectivity index is 3.87. The number of carboxylic acids is 1. The molecule has 1 unspecified atom stereocenters. The Morgan fingerprint density at radius 3 is 2.47 bits per heavy atom. The standard InChI is InChI=1S/C11H21FO3/c1-4-5-9(15-8-10(13)14)6-7-11(2,3)12/h9H,4-8H2,1-3H3,(H,13,14). The van der Waals surface area contributed by atoms with Crippen molar-refractivity contribution in [3.8, 4) is 0 Å². The molecular weight excluding hydrogens is 199 g/mol. The van der Waals surface area contributed by atoms with Crippen molar-refractivity contribution in [3.63, 3.8) is 0 Å². The summed E-state index contributed by atoms with van der Waals surface area (Å²) < 4.78 is 18.4. The number of aliphatic carboxylic acids is 1. The maximum Gasteiger partial charge on any atom is 0.329 e. The van der Waals surface area contributed by atoms with Crippen molar-refractivity contribution in [2.24, 2.45) is 0 Å². The van der Waals surface area contributed by atoms with Crippen molar-refractivity contribution >= 4 is 5.97 Å². The van der Waals surface area contributed by atoms with Gasteiger partial charge in [0.15, 0.2) is 0 Å². The number of carboxylic acid groups (broad SMARTS) is 1. The maximum absolute atomic E-state index is 13.2. The minimum Gasteiger partial charge on any atom is -0.480 e. The monoisotopic (exact) mass is 220 g/mol. The van der Waals surface area contributed by atoms with Crippen LogP contribution >= 0.6 is 0 Å². The Morgan fingerprint density at radius 1 is 1.47 bits per heavy atom. The predicted molar refractivity (Wildman–Crippen MR) is 56.7 cm³/mol. The van der Waals surface area contributed by atoms with E-state index in [9.17, 15) is 9.18 Å². The molecule has 0 radical (unpaired) electrons. The van der Waals surface area contributed by atoms with E-state index in [0.29, 0.717) is 12.8 Å². The molecule has 0 aromatic heterocycles. The number of alkyl halides is 1. The van der Waals surface area contributed by atoms with Gasteiger partial charge in [-0.05, 0) is 33.1 Å². The van der Waals surface area contributed by atoms with Crippen LogP contribution in [-0.4, -0.2) is 29.5 Å². The molecule has 0 amide bonds. The molecular formula is C11H21FO3. The summed E-state index contributed by atoms with van der Waals surface area (Å²) >= 11 is 0. The molecule has 0 bridgehead atoms. The Kier molecular flexibility index (Phi) is 6.48. The van der Waals surface area contributed by atoms with E-state index in [1.807, 2.05) is 6.92 Å². The van der Waals surface area contributed by atoms with E-state index in [0.717, 1.165) is 12.8 Å². The second kappa shape index (κ2) is 6.77. The second-order valence-corrected chi connectivity index (χ2v) is 4.37. The van der Waals surface area contributed by atoms with Crippen LogP contribution in [0.5, 0.6) is 0 Å². The van der Waals surface area contributed by atoms with Crippen LogP contribution in [0.15, 0.2) is 0 Å². The van der Waals surface area contributed by atoms with Gasteiger partial charge in [-0.25, -0.2) is 9.18 Å². The van der Waals surface area contributed by atoms with Crippen LogP contribution in [0.3, 0.4) is 0 Å². The number of hydrogen-bond donors (Lipinski definition) is 1. The minimum atomic E-state index is -1.21. The van der Waals surface area contributed by atoms with E-state index in [-0.39, 0.29) is 12.7 Å². The fraction of sp³-hybridized carbons (Fsp3) is 0.909. The normalized spacial score (nSPS) is 13.9. The average Bonchev–Trinajstić information content (AvgIpc) is 2.08. The number of rotatable bonds is 8. The predicted octanol–water partition coefficient (Wildman–Crippen LogP) is 2.78. The van der Waals surface area contributed by atoms with Crippen LogP contribution in [0.4, 0.5) is 4.39 Å². The molecule has 0 aromatic carbocycles. The third-order valence-electron chi connectivity index (χ3n) is 2.11. The van der Waals surface area contributed by atoms with E-state index in [1.165, 1.54) is 13.8 Å².